The molecular formula is C13H12N2O5. The SMILES string of the molecule is O=C(O)N1CC[C@H](ON2C(=O)c3ccccc3C2=O)C1. The first-order chi connectivity index (χ1) is 9.58. The van der Waals surface area contributed by atoms with Gasteiger partial charge in [-0.1, -0.05) is 12.1 Å². The predicted molar refractivity (Wildman–Crippen MR) is 66.0 cm³/mol. The van der Waals surface area contributed by atoms with E-state index in [0.29, 0.717) is 24.1 Å². The van der Waals surface area contributed by atoms with Gasteiger partial charge in [0.25, 0.3) is 11.8 Å². The summed E-state index contributed by atoms with van der Waals surface area (Å²) in [5, 5.41) is 9.60. The van der Waals surface area contributed by atoms with Crippen LogP contribution < -0.4 is 0 Å². The van der Waals surface area contributed by atoms with Crippen LogP contribution in [0.5, 0.6) is 0 Å². The van der Waals surface area contributed by atoms with Crippen LogP contribution in [0.25, 0.3) is 0 Å². The van der Waals surface area contributed by atoms with Gasteiger partial charge in [0.1, 0.15) is 6.10 Å². The van der Waals surface area contributed by atoms with E-state index in [2.05, 4.69) is 0 Å². The van der Waals surface area contributed by atoms with Gasteiger partial charge in [0, 0.05) is 6.54 Å². The third-order valence-electron chi connectivity index (χ3n) is 3.43. The number of imide groups is 1. The van der Waals surface area contributed by atoms with Crippen molar-refractivity contribution in [2.75, 3.05) is 13.1 Å². The molecule has 0 radical (unpaired) electrons. The Morgan fingerprint density at radius 3 is 2.30 bits per heavy atom. The molecule has 2 heterocycles. The number of hydrogen-bond acceptors (Lipinski definition) is 4. The van der Waals surface area contributed by atoms with Crippen molar-refractivity contribution in [2.45, 2.75) is 12.5 Å². The highest BCUT2D eigenvalue weighted by molar-refractivity contribution is 6.20. The topological polar surface area (TPSA) is 87.2 Å². The molecule has 0 aliphatic carbocycles. The third-order valence-corrected chi connectivity index (χ3v) is 3.43. The van der Waals surface area contributed by atoms with Gasteiger partial charge >= 0.3 is 6.09 Å². The lowest BCUT2D eigenvalue weighted by Crippen LogP contribution is -2.36. The van der Waals surface area contributed by atoms with E-state index in [1.807, 2.05) is 0 Å². The van der Waals surface area contributed by atoms with Crippen LogP contribution in [0.15, 0.2) is 24.3 Å². The Balaban J connectivity index is 1.73. The van der Waals surface area contributed by atoms with Crippen molar-refractivity contribution in [1.29, 1.82) is 0 Å². The zero-order valence-electron chi connectivity index (χ0n) is 10.5. The lowest BCUT2D eigenvalue weighted by molar-refractivity contribution is -0.127. The van der Waals surface area contributed by atoms with Crippen molar-refractivity contribution < 1.29 is 24.3 Å². The minimum Gasteiger partial charge on any atom is -0.465 e. The molecule has 7 heteroatoms. The van der Waals surface area contributed by atoms with Crippen LogP contribution in [0.2, 0.25) is 0 Å². The Morgan fingerprint density at radius 1 is 1.20 bits per heavy atom. The van der Waals surface area contributed by atoms with Crippen LogP contribution in [0.1, 0.15) is 27.1 Å². The summed E-state index contributed by atoms with van der Waals surface area (Å²) in [6.07, 6.45) is -1.05. The van der Waals surface area contributed by atoms with Crippen LogP contribution in [-0.4, -0.2) is 52.2 Å². The van der Waals surface area contributed by atoms with Crippen molar-refractivity contribution in [2.24, 2.45) is 0 Å². The van der Waals surface area contributed by atoms with Gasteiger partial charge in [-0.25, -0.2) is 4.79 Å². The summed E-state index contributed by atoms with van der Waals surface area (Å²) >= 11 is 0. The summed E-state index contributed by atoms with van der Waals surface area (Å²) < 4.78 is 0. The van der Waals surface area contributed by atoms with Gasteiger partial charge in [0.2, 0.25) is 0 Å². The number of benzene rings is 1. The Hall–Kier alpha value is -2.41. The maximum absolute atomic E-state index is 12.1. The summed E-state index contributed by atoms with van der Waals surface area (Å²) in [4.78, 5) is 41.5. The van der Waals surface area contributed by atoms with E-state index in [9.17, 15) is 14.4 Å². The highest BCUT2D eigenvalue weighted by Gasteiger charge is 2.39. The zero-order valence-corrected chi connectivity index (χ0v) is 10.5. The number of likely N-dealkylation sites (tertiary alicyclic amines) is 1. The molecule has 1 fully saturated rings. The second-order valence-electron chi connectivity index (χ2n) is 4.69. The summed E-state index contributed by atoms with van der Waals surface area (Å²) in [6.45, 7) is 0.492. The number of hydroxylamine groups is 2. The second-order valence-corrected chi connectivity index (χ2v) is 4.69. The van der Waals surface area contributed by atoms with Gasteiger partial charge < -0.3 is 10.0 Å². The number of nitrogens with zero attached hydrogens (tertiary/aromatic N) is 2. The standard InChI is InChI=1S/C13H12N2O5/c16-11-9-3-1-2-4-10(9)12(17)15(11)20-8-5-6-14(7-8)13(18)19/h1-4,8H,5-7H2,(H,18,19)/t8-/m0/s1. The highest BCUT2D eigenvalue weighted by atomic mass is 16.7. The van der Waals surface area contributed by atoms with Gasteiger partial charge in [0.05, 0.1) is 17.7 Å². The first-order valence-electron chi connectivity index (χ1n) is 6.20. The van der Waals surface area contributed by atoms with Crippen molar-refractivity contribution >= 4 is 17.9 Å². The van der Waals surface area contributed by atoms with E-state index in [-0.39, 0.29) is 6.54 Å². The number of amides is 3. The Labute approximate surface area is 114 Å². The number of carbonyl (C=O) groups excluding carboxylic acids is 2. The van der Waals surface area contributed by atoms with E-state index in [1.54, 1.807) is 24.3 Å². The van der Waals surface area contributed by atoms with Crippen LogP contribution >= 0.6 is 0 Å². The molecule has 1 aromatic rings. The fourth-order valence-corrected chi connectivity index (χ4v) is 2.40. The minimum atomic E-state index is -1.03. The molecule has 7 nitrogen and oxygen atoms in total. The normalized spacial score (nSPS) is 21.5. The number of hydrogen-bond donors (Lipinski definition) is 1. The summed E-state index contributed by atoms with van der Waals surface area (Å²) in [5.74, 6) is -1.00. The smallest absolute Gasteiger partial charge is 0.407 e. The molecule has 0 aromatic heterocycles. The highest BCUT2D eigenvalue weighted by Crippen LogP contribution is 2.25. The predicted octanol–water partition coefficient (Wildman–Crippen LogP) is 0.966. The maximum atomic E-state index is 12.1. The average Bonchev–Trinajstić information content (AvgIpc) is 3.00. The molecule has 20 heavy (non-hydrogen) atoms. The van der Waals surface area contributed by atoms with Gasteiger partial charge in [-0.05, 0) is 18.6 Å². The fraction of sp³-hybridized carbons (Fsp3) is 0.308. The molecule has 104 valence electrons. The van der Waals surface area contributed by atoms with Gasteiger partial charge in [0.15, 0.2) is 0 Å². The van der Waals surface area contributed by atoms with Crippen molar-refractivity contribution in [3.63, 3.8) is 0 Å². The lowest BCUT2D eigenvalue weighted by Gasteiger charge is -2.18. The molecule has 0 saturated carbocycles. The Kier molecular flexibility index (Phi) is 2.90. The number of carbonyl (C=O) groups is 3. The summed E-state index contributed by atoms with van der Waals surface area (Å²) in [5.41, 5.74) is 0.621. The van der Waals surface area contributed by atoms with Crippen LogP contribution in [0.4, 0.5) is 4.79 Å². The van der Waals surface area contributed by atoms with E-state index in [0.717, 1.165) is 5.06 Å². The van der Waals surface area contributed by atoms with Crippen molar-refractivity contribution in [1.82, 2.24) is 9.96 Å². The number of carboxylic acid groups (broad SMARTS) is 1. The second kappa shape index (κ2) is 4.61. The van der Waals surface area contributed by atoms with E-state index >= 15 is 0 Å². The van der Waals surface area contributed by atoms with Gasteiger partial charge in [-0.15, -0.1) is 5.06 Å². The lowest BCUT2D eigenvalue weighted by atomic mass is 10.1. The maximum Gasteiger partial charge on any atom is 0.407 e. The van der Waals surface area contributed by atoms with E-state index < -0.39 is 24.0 Å². The molecule has 0 unspecified atom stereocenters. The molecule has 1 N–H and O–H groups in total. The minimum absolute atomic E-state index is 0.155. The van der Waals surface area contributed by atoms with E-state index in [4.69, 9.17) is 9.94 Å². The number of rotatable bonds is 2. The number of fused-ring (bicyclic) bond motifs is 1. The molecule has 2 aliphatic heterocycles. The van der Waals surface area contributed by atoms with Crippen LogP contribution in [-0.2, 0) is 4.84 Å². The van der Waals surface area contributed by atoms with Crippen molar-refractivity contribution in [3.05, 3.63) is 35.4 Å². The molecule has 1 saturated heterocycles. The van der Waals surface area contributed by atoms with Crippen LogP contribution in [0, 0.1) is 0 Å². The Morgan fingerprint density at radius 2 is 1.80 bits per heavy atom. The molecule has 3 amide bonds. The van der Waals surface area contributed by atoms with Crippen molar-refractivity contribution in [3.8, 4) is 0 Å². The molecule has 1 aromatic carbocycles. The largest absolute Gasteiger partial charge is 0.465 e. The molecule has 0 bridgehead atoms. The molecule has 2 aliphatic rings. The summed E-state index contributed by atoms with van der Waals surface area (Å²) in [6, 6.07) is 6.48. The molecule has 0 spiro atoms. The zero-order chi connectivity index (χ0) is 14.3. The monoisotopic (exact) mass is 276 g/mol. The molecule has 1 atom stereocenters. The van der Waals surface area contributed by atoms with Gasteiger partial charge in [-0.2, -0.15) is 0 Å². The average molecular weight is 276 g/mol. The molecule has 3 rings (SSSR count). The first kappa shape index (κ1) is 12.6. The Bertz CT molecular complexity index is 565. The quantitative estimate of drug-likeness (QED) is 0.813. The van der Waals surface area contributed by atoms with E-state index in [1.165, 1.54) is 4.90 Å². The van der Waals surface area contributed by atoms with Crippen LogP contribution in [0.3, 0.4) is 0 Å². The third kappa shape index (κ3) is 1.92. The fourth-order valence-electron chi connectivity index (χ4n) is 2.40. The first-order valence-corrected chi connectivity index (χ1v) is 6.20. The van der Waals surface area contributed by atoms with Gasteiger partial charge in [-0.3, -0.25) is 14.4 Å². The summed E-state index contributed by atoms with van der Waals surface area (Å²) in [7, 11) is 0. The molecular weight excluding hydrogens is 264 g/mol.